The molecule has 3 heterocycles. The minimum absolute atomic E-state index is 0.607. The maximum atomic E-state index is 5.57. The minimum Gasteiger partial charge on any atom is -0.360 e. The van der Waals surface area contributed by atoms with Gasteiger partial charge in [0.2, 0.25) is 0 Å². The smallest absolute Gasteiger partial charge is 0.191 e. The second-order valence-electron chi connectivity index (χ2n) is 7.35. The monoisotopic (exact) mass is 403 g/mol. The molecule has 0 unspecified atom stereocenters. The van der Waals surface area contributed by atoms with E-state index in [-0.39, 0.29) is 0 Å². The number of aryl methyl sites for hydroxylation is 1. The molecule has 0 atom stereocenters. The molecule has 31 heavy (non-hydrogen) atoms. The fraction of sp³-hybridized carbons (Fsp3) is 0.0400. The molecule has 0 aliphatic carbocycles. The predicted molar refractivity (Wildman–Crippen MR) is 119 cm³/mol. The van der Waals surface area contributed by atoms with Crippen molar-refractivity contribution in [2.75, 3.05) is 0 Å². The summed E-state index contributed by atoms with van der Waals surface area (Å²) in [5, 5.41) is 20.3. The lowest BCUT2D eigenvalue weighted by atomic mass is 10.0. The van der Waals surface area contributed by atoms with Crippen LogP contribution in [0.2, 0.25) is 0 Å². The van der Waals surface area contributed by atoms with Gasteiger partial charge >= 0.3 is 0 Å². The highest BCUT2D eigenvalue weighted by atomic mass is 16.5. The summed E-state index contributed by atoms with van der Waals surface area (Å²) in [6.45, 7) is 1.88. The van der Waals surface area contributed by atoms with Crippen molar-refractivity contribution in [2.24, 2.45) is 0 Å². The Kier molecular flexibility index (Phi) is 3.89. The molecular weight excluding hydrogens is 386 g/mol. The SMILES string of the molecule is Cc1onc(-c2ccccc2)c1-c1nnc2c3ccccc3c(-c3ccccc3)nn12. The largest absolute Gasteiger partial charge is 0.360 e. The fourth-order valence-corrected chi connectivity index (χ4v) is 3.97. The molecule has 148 valence electrons. The van der Waals surface area contributed by atoms with E-state index >= 15 is 0 Å². The standard InChI is InChI=1S/C25H17N5O/c1-16-21(23(29-31-16)18-12-6-3-7-13-18)25-27-26-24-20-15-9-8-14-19(20)22(28-30(24)25)17-10-4-2-5-11-17/h2-15H,1H3. The Morgan fingerprint density at radius 3 is 2.00 bits per heavy atom. The zero-order chi connectivity index (χ0) is 20.8. The van der Waals surface area contributed by atoms with Crippen molar-refractivity contribution in [3.8, 4) is 33.9 Å². The third-order valence-corrected chi connectivity index (χ3v) is 5.44. The van der Waals surface area contributed by atoms with E-state index in [1.165, 1.54) is 0 Å². The van der Waals surface area contributed by atoms with Gasteiger partial charge in [-0.05, 0) is 6.92 Å². The number of hydrogen-bond donors (Lipinski definition) is 0. The molecule has 0 spiro atoms. The van der Waals surface area contributed by atoms with Gasteiger partial charge in [0.15, 0.2) is 11.5 Å². The van der Waals surface area contributed by atoms with Gasteiger partial charge in [0.25, 0.3) is 0 Å². The Morgan fingerprint density at radius 2 is 1.29 bits per heavy atom. The van der Waals surface area contributed by atoms with Crippen LogP contribution in [0.4, 0.5) is 0 Å². The Hall–Kier alpha value is -4.32. The van der Waals surface area contributed by atoms with Gasteiger partial charge < -0.3 is 4.52 Å². The fourth-order valence-electron chi connectivity index (χ4n) is 3.97. The van der Waals surface area contributed by atoms with Crippen LogP contribution < -0.4 is 0 Å². The molecular formula is C25H17N5O. The van der Waals surface area contributed by atoms with Crippen LogP contribution >= 0.6 is 0 Å². The van der Waals surface area contributed by atoms with E-state index in [4.69, 9.17) is 9.62 Å². The van der Waals surface area contributed by atoms with E-state index in [2.05, 4.69) is 39.6 Å². The summed E-state index contributed by atoms with van der Waals surface area (Å²) in [7, 11) is 0. The zero-order valence-corrected chi connectivity index (χ0v) is 16.7. The van der Waals surface area contributed by atoms with Crippen LogP contribution in [0.3, 0.4) is 0 Å². The number of hydrogen-bond acceptors (Lipinski definition) is 5. The van der Waals surface area contributed by atoms with Gasteiger partial charge in [-0.3, -0.25) is 0 Å². The minimum atomic E-state index is 0.607. The molecule has 6 nitrogen and oxygen atoms in total. The quantitative estimate of drug-likeness (QED) is 0.386. The second kappa shape index (κ2) is 6.88. The maximum absolute atomic E-state index is 5.57. The third-order valence-electron chi connectivity index (χ3n) is 5.44. The first-order chi connectivity index (χ1) is 15.3. The second-order valence-corrected chi connectivity index (χ2v) is 7.35. The predicted octanol–water partition coefficient (Wildman–Crippen LogP) is 5.57. The Morgan fingerprint density at radius 1 is 0.677 bits per heavy atom. The average molecular weight is 403 g/mol. The van der Waals surface area contributed by atoms with Crippen LogP contribution in [-0.2, 0) is 0 Å². The number of rotatable bonds is 3. The van der Waals surface area contributed by atoms with Crippen molar-refractivity contribution >= 4 is 16.4 Å². The van der Waals surface area contributed by atoms with Crippen LogP contribution in [0.25, 0.3) is 50.3 Å². The van der Waals surface area contributed by atoms with Crippen LogP contribution in [0.5, 0.6) is 0 Å². The highest BCUT2D eigenvalue weighted by molar-refractivity contribution is 6.02. The number of aromatic nitrogens is 5. The van der Waals surface area contributed by atoms with Crippen molar-refractivity contribution < 1.29 is 4.52 Å². The summed E-state index contributed by atoms with van der Waals surface area (Å²) < 4.78 is 7.37. The summed E-state index contributed by atoms with van der Waals surface area (Å²) in [6.07, 6.45) is 0. The molecule has 6 rings (SSSR count). The van der Waals surface area contributed by atoms with E-state index in [1.54, 1.807) is 4.52 Å². The summed E-state index contributed by atoms with van der Waals surface area (Å²) in [4.78, 5) is 0. The molecule has 0 radical (unpaired) electrons. The van der Waals surface area contributed by atoms with Gasteiger partial charge in [-0.15, -0.1) is 10.2 Å². The Balaban J connectivity index is 1.68. The van der Waals surface area contributed by atoms with Gasteiger partial charge in [-0.2, -0.15) is 9.61 Å². The van der Waals surface area contributed by atoms with Gasteiger partial charge in [0, 0.05) is 21.9 Å². The van der Waals surface area contributed by atoms with Crippen molar-refractivity contribution in [2.45, 2.75) is 6.92 Å². The van der Waals surface area contributed by atoms with E-state index in [1.807, 2.05) is 67.6 Å². The number of benzene rings is 3. The van der Waals surface area contributed by atoms with E-state index in [0.29, 0.717) is 17.2 Å². The Bertz CT molecular complexity index is 1530. The third kappa shape index (κ3) is 2.73. The highest BCUT2D eigenvalue weighted by Crippen LogP contribution is 2.35. The molecule has 0 fully saturated rings. The van der Waals surface area contributed by atoms with Crippen molar-refractivity contribution in [3.63, 3.8) is 0 Å². The molecule has 0 saturated carbocycles. The van der Waals surface area contributed by atoms with Gasteiger partial charge in [0.1, 0.15) is 11.5 Å². The Labute approximate surface area is 177 Å². The molecule has 3 aromatic carbocycles. The normalized spacial score (nSPS) is 11.4. The molecule has 0 amide bonds. The lowest BCUT2D eigenvalue weighted by molar-refractivity contribution is 0.400. The van der Waals surface area contributed by atoms with E-state index in [9.17, 15) is 0 Å². The average Bonchev–Trinajstić information content (AvgIpc) is 3.42. The maximum Gasteiger partial charge on any atom is 0.191 e. The van der Waals surface area contributed by atoms with Gasteiger partial charge in [0.05, 0.1) is 11.3 Å². The molecule has 0 bridgehead atoms. The lowest BCUT2D eigenvalue weighted by Crippen LogP contribution is -2.00. The topological polar surface area (TPSA) is 69.1 Å². The zero-order valence-electron chi connectivity index (χ0n) is 16.7. The van der Waals surface area contributed by atoms with Crippen molar-refractivity contribution in [3.05, 3.63) is 90.7 Å². The van der Waals surface area contributed by atoms with Crippen LogP contribution in [0.15, 0.2) is 89.5 Å². The molecule has 0 N–H and O–H groups in total. The highest BCUT2D eigenvalue weighted by Gasteiger charge is 2.23. The first-order valence-electron chi connectivity index (χ1n) is 10.0. The molecule has 0 aliphatic heterocycles. The first kappa shape index (κ1) is 17.5. The van der Waals surface area contributed by atoms with E-state index < -0.39 is 0 Å². The van der Waals surface area contributed by atoms with Crippen molar-refractivity contribution in [1.82, 2.24) is 25.0 Å². The summed E-state index contributed by atoms with van der Waals surface area (Å²) >= 11 is 0. The van der Waals surface area contributed by atoms with Crippen molar-refractivity contribution in [1.29, 1.82) is 0 Å². The van der Waals surface area contributed by atoms with Gasteiger partial charge in [-0.25, -0.2) is 0 Å². The molecule has 6 aromatic rings. The molecule has 0 aliphatic rings. The van der Waals surface area contributed by atoms with Crippen LogP contribution in [0.1, 0.15) is 5.76 Å². The van der Waals surface area contributed by atoms with Gasteiger partial charge in [-0.1, -0.05) is 90.1 Å². The molecule has 3 aromatic heterocycles. The number of nitrogens with zero attached hydrogens (tertiary/aromatic N) is 5. The molecule has 0 saturated heterocycles. The first-order valence-corrected chi connectivity index (χ1v) is 10.0. The summed E-state index contributed by atoms with van der Waals surface area (Å²) in [5.74, 6) is 1.28. The van der Waals surface area contributed by atoms with Crippen LogP contribution in [-0.4, -0.2) is 25.0 Å². The van der Waals surface area contributed by atoms with Crippen LogP contribution in [0, 0.1) is 6.92 Å². The number of fused-ring (bicyclic) bond motifs is 3. The summed E-state index contributed by atoms with van der Waals surface area (Å²) in [5.41, 5.74) is 5.08. The lowest BCUT2D eigenvalue weighted by Gasteiger charge is -2.08. The summed E-state index contributed by atoms with van der Waals surface area (Å²) in [6, 6.07) is 28.2. The van der Waals surface area contributed by atoms with E-state index in [0.717, 1.165) is 38.9 Å². The molecule has 6 heteroatoms.